The van der Waals surface area contributed by atoms with Crippen LogP contribution in [-0.2, 0) is 10.2 Å². The van der Waals surface area contributed by atoms with Crippen LogP contribution in [-0.4, -0.2) is 25.8 Å². The second-order valence-electron chi connectivity index (χ2n) is 6.31. The van der Waals surface area contributed by atoms with Crippen molar-refractivity contribution >= 4 is 0 Å². The lowest BCUT2D eigenvalue weighted by molar-refractivity contribution is 0.0408. The Morgan fingerprint density at radius 1 is 1.24 bits per heavy atom. The van der Waals surface area contributed by atoms with Gasteiger partial charge in [-0.2, -0.15) is 0 Å². The first-order chi connectivity index (χ1) is 10.2. The van der Waals surface area contributed by atoms with Gasteiger partial charge in [-0.3, -0.25) is 0 Å². The molecular weight excluding hydrogens is 258 g/mol. The van der Waals surface area contributed by atoms with Gasteiger partial charge in [0.15, 0.2) is 0 Å². The van der Waals surface area contributed by atoms with Crippen molar-refractivity contribution in [3.63, 3.8) is 0 Å². The molecule has 2 nitrogen and oxygen atoms in total. The third kappa shape index (κ3) is 3.96. The molecule has 21 heavy (non-hydrogen) atoms. The van der Waals surface area contributed by atoms with E-state index in [0.29, 0.717) is 6.04 Å². The van der Waals surface area contributed by atoms with Crippen LogP contribution in [0.2, 0.25) is 0 Å². The van der Waals surface area contributed by atoms with Crippen molar-refractivity contribution in [3.8, 4) is 0 Å². The van der Waals surface area contributed by atoms with Crippen molar-refractivity contribution < 1.29 is 4.74 Å². The summed E-state index contributed by atoms with van der Waals surface area (Å²) in [6.07, 6.45) is 5.74. The van der Waals surface area contributed by atoms with Crippen LogP contribution in [0.4, 0.5) is 0 Å². The summed E-state index contributed by atoms with van der Waals surface area (Å²) >= 11 is 0. The Morgan fingerprint density at radius 2 is 1.90 bits per heavy atom. The van der Waals surface area contributed by atoms with E-state index in [2.05, 4.69) is 62.5 Å². The quantitative estimate of drug-likeness (QED) is 0.796. The van der Waals surface area contributed by atoms with E-state index in [1.54, 1.807) is 0 Å². The highest BCUT2D eigenvalue weighted by molar-refractivity contribution is 5.31. The van der Waals surface area contributed by atoms with Crippen LogP contribution in [0.5, 0.6) is 0 Å². The van der Waals surface area contributed by atoms with Crippen LogP contribution < -0.4 is 5.32 Å². The molecule has 1 N–H and O–H groups in total. The van der Waals surface area contributed by atoms with Crippen molar-refractivity contribution in [2.24, 2.45) is 0 Å². The Bertz CT molecular complexity index is 442. The number of nitrogens with one attached hydrogen (secondary N) is 1. The smallest absolute Gasteiger partial charge is 0.0475 e. The van der Waals surface area contributed by atoms with E-state index in [1.165, 1.54) is 11.1 Å². The summed E-state index contributed by atoms with van der Waals surface area (Å²) < 4.78 is 5.66. The Labute approximate surface area is 129 Å². The van der Waals surface area contributed by atoms with Crippen molar-refractivity contribution in [2.45, 2.75) is 51.5 Å². The third-order valence-corrected chi connectivity index (χ3v) is 4.44. The van der Waals surface area contributed by atoms with Gasteiger partial charge in [0.1, 0.15) is 0 Å². The van der Waals surface area contributed by atoms with E-state index < -0.39 is 0 Å². The second-order valence-corrected chi connectivity index (χ2v) is 6.31. The van der Waals surface area contributed by atoms with Gasteiger partial charge in [0.05, 0.1) is 0 Å². The normalized spacial score (nSPS) is 19.0. The molecule has 1 aromatic rings. The lowest BCUT2D eigenvalue weighted by atomic mass is 9.68. The van der Waals surface area contributed by atoms with Gasteiger partial charge < -0.3 is 10.1 Å². The van der Waals surface area contributed by atoms with Crippen LogP contribution in [0.25, 0.3) is 0 Å². The molecular formula is C19H29NO. The average Bonchev–Trinajstić information content (AvgIpc) is 2.52. The maximum atomic E-state index is 5.66. The minimum Gasteiger partial charge on any atom is -0.381 e. The molecule has 1 aromatic carbocycles. The minimum absolute atomic E-state index is 0.159. The van der Waals surface area contributed by atoms with Gasteiger partial charge in [0.25, 0.3) is 0 Å². The molecule has 1 aliphatic heterocycles. The standard InChI is InChI=1S/C19H29NO/c1-4-12-20-18(15-16(2)3)19(10-13-21-14-11-19)17-8-6-5-7-9-17/h5-9,15,18,20H,4,10-14H2,1-3H3. The summed E-state index contributed by atoms with van der Waals surface area (Å²) in [5, 5.41) is 3.78. The zero-order chi connectivity index (χ0) is 15.1. The molecule has 1 heterocycles. The zero-order valence-electron chi connectivity index (χ0n) is 13.7. The van der Waals surface area contributed by atoms with Gasteiger partial charge in [-0.1, -0.05) is 48.9 Å². The maximum absolute atomic E-state index is 5.66. The Morgan fingerprint density at radius 3 is 2.48 bits per heavy atom. The van der Waals surface area contributed by atoms with E-state index in [9.17, 15) is 0 Å². The van der Waals surface area contributed by atoms with Crippen molar-refractivity contribution in [1.29, 1.82) is 0 Å². The number of allylic oxidation sites excluding steroid dienone is 1. The SMILES string of the molecule is CCCNC(C=C(C)C)C1(c2ccccc2)CCOCC1. The Hall–Kier alpha value is -1.12. The van der Waals surface area contributed by atoms with Gasteiger partial charge in [0, 0.05) is 24.7 Å². The summed E-state index contributed by atoms with van der Waals surface area (Å²) in [5.74, 6) is 0. The zero-order valence-corrected chi connectivity index (χ0v) is 13.7. The minimum atomic E-state index is 0.159. The Balaban J connectivity index is 2.38. The molecule has 2 rings (SSSR count). The van der Waals surface area contributed by atoms with Gasteiger partial charge in [-0.25, -0.2) is 0 Å². The average molecular weight is 287 g/mol. The first-order valence-corrected chi connectivity index (χ1v) is 8.21. The lowest BCUT2D eigenvalue weighted by Crippen LogP contribution is -2.51. The van der Waals surface area contributed by atoms with E-state index in [4.69, 9.17) is 4.74 Å². The molecule has 0 radical (unpaired) electrons. The van der Waals surface area contributed by atoms with Gasteiger partial charge in [-0.15, -0.1) is 0 Å². The summed E-state index contributed by atoms with van der Waals surface area (Å²) in [6, 6.07) is 11.4. The van der Waals surface area contributed by atoms with Crippen LogP contribution in [0.3, 0.4) is 0 Å². The summed E-state index contributed by atoms with van der Waals surface area (Å²) in [5.41, 5.74) is 2.98. The van der Waals surface area contributed by atoms with Crippen LogP contribution >= 0.6 is 0 Å². The highest BCUT2D eigenvalue weighted by Gasteiger charge is 2.40. The van der Waals surface area contributed by atoms with Crippen molar-refractivity contribution in [3.05, 3.63) is 47.5 Å². The van der Waals surface area contributed by atoms with E-state index >= 15 is 0 Å². The summed E-state index contributed by atoms with van der Waals surface area (Å²) in [6.45, 7) is 9.39. The fraction of sp³-hybridized carbons (Fsp3) is 0.579. The number of benzene rings is 1. The molecule has 1 unspecified atom stereocenters. The van der Waals surface area contributed by atoms with Crippen LogP contribution in [0.15, 0.2) is 42.0 Å². The fourth-order valence-corrected chi connectivity index (χ4v) is 3.33. The molecule has 0 saturated carbocycles. The number of ether oxygens (including phenoxy) is 1. The van der Waals surface area contributed by atoms with E-state index in [-0.39, 0.29) is 5.41 Å². The molecule has 0 amide bonds. The van der Waals surface area contributed by atoms with Crippen molar-refractivity contribution in [2.75, 3.05) is 19.8 Å². The summed E-state index contributed by atoms with van der Waals surface area (Å²) in [7, 11) is 0. The molecule has 0 aromatic heterocycles. The number of rotatable bonds is 6. The monoisotopic (exact) mass is 287 g/mol. The molecule has 0 aliphatic carbocycles. The molecule has 0 bridgehead atoms. The molecule has 1 aliphatic rings. The third-order valence-electron chi connectivity index (χ3n) is 4.44. The number of hydrogen-bond donors (Lipinski definition) is 1. The van der Waals surface area contributed by atoms with Crippen LogP contribution in [0.1, 0.15) is 45.6 Å². The number of hydrogen-bond acceptors (Lipinski definition) is 2. The topological polar surface area (TPSA) is 21.3 Å². The van der Waals surface area contributed by atoms with E-state index in [0.717, 1.165) is 39.0 Å². The second kappa shape index (κ2) is 7.77. The first kappa shape index (κ1) is 16.3. The molecule has 116 valence electrons. The Kier molecular flexibility index (Phi) is 6.01. The molecule has 1 atom stereocenters. The molecule has 1 saturated heterocycles. The molecule has 2 heteroatoms. The van der Waals surface area contributed by atoms with Gasteiger partial charge in [0.2, 0.25) is 0 Å². The highest BCUT2D eigenvalue weighted by Crippen LogP contribution is 2.39. The molecule has 1 fully saturated rings. The van der Waals surface area contributed by atoms with Gasteiger partial charge >= 0.3 is 0 Å². The summed E-state index contributed by atoms with van der Waals surface area (Å²) in [4.78, 5) is 0. The van der Waals surface area contributed by atoms with Gasteiger partial charge in [-0.05, 0) is 45.2 Å². The van der Waals surface area contributed by atoms with Crippen LogP contribution in [0, 0.1) is 0 Å². The predicted octanol–water partition coefficient (Wildman–Crippen LogP) is 4.07. The maximum Gasteiger partial charge on any atom is 0.0475 e. The van der Waals surface area contributed by atoms with Crippen molar-refractivity contribution in [1.82, 2.24) is 5.32 Å². The predicted molar refractivity (Wildman–Crippen MR) is 89.7 cm³/mol. The lowest BCUT2D eigenvalue weighted by Gasteiger charge is -2.43. The molecule has 0 spiro atoms. The largest absolute Gasteiger partial charge is 0.381 e. The first-order valence-electron chi connectivity index (χ1n) is 8.21. The highest BCUT2D eigenvalue weighted by atomic mass is 16.5. The van der Waals surface area contributed by atoms with E-state index in [1.807, 2.05) is 0 Å². The fourth-order valence-electron chi connectivity index (χ4n) is 3.33.